The predicted molar refractivity (Wildman–Crippen MR) is 71.2 cm³/mol. The molecule has 7 nitrogen and oxygen atoms in total. The Bertz CT molecular complexity index is 583. The zero-order valence-electron chi connectivity index (χ0n) is 10.9. The van der Waals surface area contributed by atoms with Crippen molar-refractivity contribution in [1.82, 2.24) is 0 Å². The average molecular weight is 288 g/mol. The van der Waals surface area contributed by atoms with E-state index in [-0.39, 0.29) is 17.1 Å². The van der Waals surface area contributed by atoms with Crippen LogP contribution >= 0.6 is 0 Å². The van der Waals surface area contributed by atoms with Crippen molar-refractivity contribution in [3.8, 4) is 0 Å². The van der Waals surface area contributed by atoms with Gasteiger partial charge in [-0.25, -0.2) is 8.42 Å². The van der Waals surface area contributed by atoms with Crippen molar-refractivity contribution in [2.24, 2.45) is 0 Å². The molecule has 0 bridgehead atoms. The van der Waals surface area contributed by atoms with Crippen LogP contribution in [0.15, 0.2) is 23.1 Å². The molecule has 0 amide bonds. The quantitative estimate of drug-likeness (QED) is 0.635. The van der Waals surface area contributed by atoms with Crippen molar-refractivity contribution in [3.05, 3.63) is 28.3 Å². The molecule has 1 aromatic rings. The summed E-state index contributed by atoms with van der Waals surface area (Å²) in [5, 5.41) is 20.0. The molecule has 0 aromatic heterocycles. The molecule has 106 valence electrons. The van der Waals surface area contributed by atoms with E-state index in [9.17, 15) is 23.6 Å². The van der Waals surface area contributed by atoms with Gasteiger partial charge in [0, 0.05) is 32.0 Å². The van der Waals surface area contributed by atoms with E-state index >= 15 is 0 Å². The molecule has 8 heteroatoms. The largest absolute Gasteiger partial charge is 0.392 e. The van der Waals surface area contributed by atoms with Crippen LogP contribution in [0, 0.1) is 10.1 Å². The fourth-order valence-electron chi connectivity index (χ4n) is 1.72. The number of benzene rings is 1. The molecule has 0 saturated carbocycles. The number of likely N-dealkylation sites (N-methyl/N-ethyl adjacent to an activating group) is 1. The van der Waals surface area contributed by atoms with Gasteiger partial charge in [0.25, 0.3) is 5.69 Å². The SMILES string of the molecule is CC(O)CN(C)c1ccc([N+](=O)[O-])cc1S(C)(=O)=O. The molecular formula is C11H16N2O5S. The number of rotatable bonds is 5. The Balaban J connectivity index is 3.36. The average Bonchev–Trinajstić information content (AvgIpc) is 2.25. The van der Waals surface area contributed by atoms with Gasteiger partial charge in [0.15, 0.2) is 9.84 Å². The third-order valence-electron chi connectivity index (χ3n) is 2.50. The highest BCUT2D eigenvalue weighted by Gasteiger charge is 2.21. The molecule has 0 saturated heterocycles. The van der Waals surface area contributed by atoms with Crippen LogP contribution in [0.5, 0.6) is 0 Å². The normalized spacial score (nSPS) is 13.1. The lowest BCUT2D eigenvalue weighted by molar-refractivity contribution is -0.385. The lowest BCUT2D eigenvalue weighted by atomic mass is 10.2. The van der Waals surface area contributed by atoms with E-state index in [2.05, 4.69) is 0 Å². The number of non-ortho nitro benzene ring substituents is 1. The first-order valence-electron chi connectivity index (χ1n) is 5.50. The number of aliphatic hydroxyl groups is 1. The van der Waals surface area contributed by atoms with Gasteiger partial charge in [-0.15, -0.1) is 0 Å². The van der Waals surface area contributed by atoms with Gasteiger partial charge < -0.3 is 10.0 Å². The lowest BCUT2D eigenvalue weighted by Crippen LogP contribution is -2.28. The zero-order valence-corrected chi connectivity index (χ0v) is 11.7. The number of hydrogen-bond acceptors (Lipinski definition) is 6. The number of hydrogen-bond donors (Lipinski definition) is 1. The molecule has 0 aliphatic carbocycles. The highest BCUT2D eigenvalue weighted by Crippen LogP contribution is 2.28. The Labute approximate surface area is 111 Å². The van der Waals surface area contributed by atoms with Crippen molar-refractivity contribution in [2.45, 2.75) is 17.9 Å². The second kappa shape index (κ2) is 5.54. The lowest BCUT2D eigenvalue weighted by Gasteiger charge is -2.23. The third-order valence-corrected chi connectivity index (χ3v) is 3.63. The Morgan fingerprint density at radius 1 is 1.47 bits per heavy atom. The minimum atomic E-state index is -3.60. The third kappa shape index (κ3) is 3.90. The summed E-state index contributed by atoms with van der Waals surface area (Å²) in [6, 6.07) is 3.64. The smallest absolute Gasteiger partial charge is 0.270 e. The van der Waals surface area contributed by atoms with Gasteiger partial charge in [-0.05, 0) is 13.0 Å². The predicted octanol–water partition coefficient (Wildman–Crippen LogP) is 0.815. The fourth-order valence-corrected chi connectivity index (χ4v) is 2.66. The van der Waals surface area contributed by atoms with Crippen molar-refractivity contribution in [3.63, 3.8) is 0 Å². The Kier molecular flexibility index (Phi) is 4.48. The molecule has 1 rings (SSSR count). The number of anilines is 1. The van der Waals surface area contributed by atoms with E-state index in [1.54, 1.807) is 18.9 Å². The molecule has 1 atom stereocenters. The van der Waals surface area contributed by atoms with Gasteiger partial charge in [-0.3, -0.25) is 10.1 Å². The molecule has 19 heavy (non-hydrogen) atoms. The standard InChI is InChI=1S/C11H16N2O5S/c1-8(14)7-12(2)10-5-4-9(13(15)16)6-11(10)19(3,17)18/h4-6,8,14H,7H2,1-3H3. The summed E-state index contributed by atoms with van der Waals surface area (Å²) in [5.41, 5.74) is 0.0450. The minimum Gasteiger partial charge on any atom is -0.392 e. The van der Waals surface area contributed by atoms with Gasteiger partial charge in [0.1, 0.15) is 0 Å². The summed E-state index contributed by atoms with van der Waals surface area (Å²) in [5.74, 6) is 0. The number of nitrogens with zero attached hydrogens (tertiary/aromatic N) is 2. The maximum atomic E-state index is 11.7. The highest BCUT2D eigenvalue weighted by molar-refractivity contribution is 7.90. The van der Waals surface area contributed by atoms with Crippen LogP contribution in [0.2, 0.25) is 0 Å². The van der Waals surface area contributed by atoms with Crippen LogP contribution in [0.3, 0.4) is 0 Å². The molecule has 0 spiro atoms. The Hall–Kier alpha value is -1.67. The molecule has 0 fully saturated rings. The van der Waals surface area contributed by atoms with Crippen molar-refractivity contribution >= 4 is 21.2 Å². The van der Waals surface area contributed by atoms with Gasteiger partial charge in [0.2, 0.25) is 0 Å². The summed E-state index contributed by atoms with van der Waals surface area (Å²) in [6.07, 6.45) is 0.346. The van der Waals surface area contributed by atoms with Crippen molar-refractivity contribution in [1.29, 1.82) is 0 Å². The molecule has 1 unspecified atom stereocenters. The molecule has 0 radical (unpaired) electrons. The number of nitro benzene ring substituents is 1. The molecule has 1 N–H and O–H groups in total. The number of sulfone groups is 1. The Morgan fingerprint density at radius 2 is 2.05 bits per heavy atom. The topological polar surface area (TPSA) is 101 Å². The van der Waals surface area contributed by atoms with Crippen molar-refractivity contribution in [2.75, 3.05) is 24.7 Å². The van der Waals surface area contributed by atoms with Gasteiger partial charge in [0.05, 0.1) is 21.6 Å². The first-order valence-corrected chi connectivity index (χ1v) is 7.39. The first-order chi connectivity index (χ1) is 8.62. The number of nitro groups is 1. The second-order valence-electron chi connectivity index (χ2n) is 4.41. The minimum absolute atomic E-state index is 0.121. The van der Waals surface area contributed by atoms with E-state index in [1.165, 1.54) is 12.1 Å². The summed E-state index contributed by atoms with van der Waals surface area (Å²) >= 11 is 0. The van der Waals surface area contributed by atoms with Crippen LogP contribution in [0.4, 0.5) is 11.4 Å². The second-order valence-corrected chi connectivity index (χ2v) is 6.40. The summed E-state index contributed by atoms with van der Waals surface area (Å²) < 4.78 is 23.4. The van der Waals surface area contributed by atoms with Crippen LogP contribution in [0.1, 0.15) is 6.92 Å². The molecule has 0 aliphatic rings. The zero-order chi connectivity index (χ0) is 14.8. The fraction of sp³-hybridized carbons (Fsp3) is 0.455. The van der Waals surface area contributed by atoms with E-state index in [4.69, 9.17) is 0 Å². The molecule has 0 aliphatic heterocycles. The van der Waals surface area contributed by atoms with E-state index in [1.807, 2.05) is 0 Å². The van der Waals surface area contributed by atoms with Crippen LogP contribution in [-0.2, 0) is 9.84 Å². The molecular weight excluding hydrogens is 272 g/mol. The van der Waals surface area contributed by atoms with Gasteiger partial charge in [-0.1, -0.05) is 0 Å². The first kappa shape index (κ1) is 15.4. The highest BCUT2D eigenvalue weighted by atomic mass is 32.2. The Morgan fingerprint density at radius 3 is 2.47 bits per heavy atom. The number of aliphatic hydroxyl groups excluding tert-OH is 1. The monoisotopic (exact) mass is 288 g/mol. The summed E-state index contributed by atoms with van der Waals surface area (Å²) in [6.45, 7) is 1.79. The molecule has 0 heterocycles. The van der Waals surface area contributed by atoms with E-state index in [0.717, 1.165) is 12.3 Å². The van der Waals surface area contributed by atoms with Crippen LogP contribution < -0.4 is 4.90 Å². The summed E-state index contributed by atoms with van der Waals surface area (Å²) in [7, 11) is -1.98. The molecule has 1 aromatic carbocycles. The maximum absolute atomic E-state index is 11.7. The van der Waals surface area contributed by atoms with Gasteiger partial charge in [-0.2, -0.15) is 0 Å². The van der Waals surface area contributed by atoms with Gasteiger partial charge >= 0.3 is 0 Å². The van der Waals surface area contributed by atoms with Crippen LogP contribution in [0.25, 0.3) is 0 Å². The van der Waals surface area contributed by atoms with Crippen LogP contribution in [-0.4, -0.2) is 44.4 Å². The maximum Gasteiger partial charge on any atom is 0.270 e. The summed E-state index contributed by atoms with van der Waals surface area (Å²) in [4.78, 5) is 11.5. The van der Waals surface area contributed by atoms with Crippen molar-refractivity contribution < 1.29 is 18.4 Å². The van der Waals surface area contributed by atoms with E-state index < -0.39 is 20.9 Å². The van der Waals surface area contributed by atoms with E-state index in [0.29, 0.717) is 5.69 Å².